The number of aromatic nitrogens is 2. The molecular formula is C21H24N4O4. The van der Waals surface area contributed by atoms with Crippen molar-refractivity contribution >= 4 is 11.8 Å². The number of piperazine rings is 1. The Morgan fingerprint density at radius 3 is 2.38 bits per heavy atom. The highest BCUT2D eigenvalue weighted by molar-refractivity contribution is 5.98. The minimum Gasteiger partial charge on any atom is -0.486 e. The van der Waals surface area contributed by atoms with Crippen LogP contribution < -0.4 is 9.47 Å². The summed E-state index contributed by atoms with van der Waals surface area (Å²) < 4.78 is 13.2. The number of benzene rings is 1. The van der Waals surface area contributed by atoms with Crippen molar-refractivity contribution < 1.29 is 19.1 Å². The molecule has 0 bridgehead atoms. The number of fused-ring (bicyclic) bond motifs is 2. The van der Waals surface area contributed by atoms with Crippen LogP contribution in [0.1, 0.15) is 39.3 Å². The van der Waals surface area contributed by atoms with Gasteiger partial charge in [-0.2, -0.15) is 5.10 Å². The quantitative estimate of drug-likeness (QED) is 0.771. The van der Waals surface area contributed by atoms with Crippen molar-refractivity contribution in [3.63, 3.8) is 0 Å². The second-order valence-corrected chi connectivity index (χ2v) is 7.60. The molecule has 3 aliphatic rings. The molecule has 8 nitrogen and oxygen atoms in total. The first-order chi connectivity index (χ1) is 14.2. The van der Waals surface area contributed by atoms with Gasteiger partial charge in [-0.15, -0.1) is 0 Å². The van der Waals surface area contributed by atoms with Gasteiger partial charge in [0.25, 0.3) is 11.8 Å². The van der Waals surface area contributed by atoms with E-state index in [-0.39, 0.29) is 11.8 Å². The smallest absolute Gasteiger partial charge is 0.257 e. The van der Waals surface area contributed by atoms with E-state index in [1.54, 1.807) is 17.2 Å². The fourth-order valence-electron chi connectivity index (χ4n) is 4.30. The molecule has 0 spiro atoms. The summed E-state index contributed by atoms with van der Waals surface area (Å²) in [6, 6.07) is 5.39. The molecule has 1 saturated heterocycles. The third kappa shape index (κ3) is 3.22. The Balaban J connectivity index is 1.27. The maximum absolute atomic E-state index is 13.0. The summed E-state index contributed by atoms with van der Waals surface area (Å²) in [5.74, 6) is 1.08. The SMILES string of the molecule is O=C(c1cccc2c1OCCO2)N1CCN(C(=O)c2cnn3c2CCCC3)CC1. The average Bonchev–Trinajstić information content (AvgIpc) is 3.22. The van der Waals surface area contributed by atoms with Crippen LogP contribution in [0.4, 0.5) is 0 Å². The number of carbonyl (C=O) groups is 2. The standard InChI is InChI=1S/C21H24N4O4/c26-20(15-4-3-6-18-19(15)29-13-12-28-18)23-8-10-24(11-9-23)21(27)16-14-22-25-7-2-1-5-17(16)25/h3-4,6,14H,1-2,5,7-13H2. The van der Waals surface area contributed by atoms with Crippen LogP contribution >= 0.6 is 0 Å². The van der Waals surface area contributed by atoms with E-state index in [1.165, 1.54) is 0 Å². The van der Waals surface area contributed by atoms with Crippen molar-refractivity contribution in [2.45, 2.75) is 25.8 Å². The third-order valence-corrected chi connectivity index (χ3v) is 5.86. The van der Waals surface area contributed by atoms with Gasteiger partial charge in [0.2, 0.25) is 0 Å². The van der Waals surface area contributed by atoms with Gasteiger partial charge < -0.3 is 19.3 Å². The molecule has 2 amide bonds. The molecule has 152 valence electrons. The van der Waals surface area contributed by atoms with Crippen molar-refractivity contribution in [1.29, 1.82) is 0 Å². The van der Waals surface area contributed by atoms with E-state index < -0.39 is 0 Å². The van der Waals surface area contributed by atoms with Gasteiger partial charge in [0.05, 0.1) is 23.0 Å². The first-order valence-corrected chi connectivity index (χ1v) is 10.2. The van der Waals surface area contributed by atoms with Crippen molar-refractivity contribution in [3.8, 4) is 11.5 Å². The Morgan fingerprint density at radius 2 is 1.59 bits per heavy atom. The highest BCUT2D eigenvalue weighted by Crippen LogP contribution is 2.34. The normalized spacial score (nSPS) is 18.3. The summed E-state index contributed by atoms with van der Waals surface area (Å²) in [5.41, 5.74) is 2.28. The molecule has 0 unspecified atom stereocenters. The van der Waals surface area contributed by atoms with Crippen LogP contribution in [0.3, 0.4) is 0 Å². The number of nitrogens with zero attached hydrogens (tertiary/aromatic N) is 4. The molecule has 0 aliphatic carbocycles. The van der Waals surface area contributed by atoms with Crippen LogP contribution in [0.2, 0.25) is 0 Å². The number of rotatable bonds is 2. The van der Waals surface area contributed by atoms with E-state index in [0.29, 0.717) is 62.0 Å². The largest absolute Gasteiger partial charge is 0.486 e. The maximum atomic E-state index is 13.0. The molecule has 1 aromatic carbocycles. The molecule has 2 aromatic rings. The van der Waals surface area contributed by atoms with Crippen molar-refractivity contribution in [3.05, 3.63) is 41.2 Å². The van der Waals surface area contributed by atoms with Crippen LogP contribution in [0.15, 0.2) is 24.4 Å². The van der Waals surface area contributed by atoms with E-state index in [1.807, 2.05) is 21.7 Å². The summed E-state index contributed by atoms with van der Waals surface area (Å²) in [5, 5.41) is 4.38. The Hall–Kier alpha value is -3.03. The van der Waals surface area contributed by atoms with Crippen LogP contribution in [-0.2, 0) is 13.0 Å². The predicted molar refractivity (Wildman–Crippen MR) is 104 cm³/mol. The molecule has 0 radical (unpaired) electrons. The van der Waals surface area contributed by atoms with Crippen LogP contribution in [0, 0.1) is 0 Å². The van der Waals surface area contributed by atoms with E-state index in [9.17, 15) is 9.59 Å². The summed E-state index contributed by atoms with van der Waals surface area (Å²) in [6.45, 7) is 3.85. The van der Waals surface area contributed by atoms with E-state index >= 15 is 0 Å². The van der Waals surface area contributed by atoms with Crippen LogP contribution in [0.25, 0.3) is 0 Å². The van der Waals surface area contributed by atoms with Gasteiger partial charge in [-0.3, -0.25) is 14.3 Å². The van der Waals surface area contributed by atoms with E-state index in [2.05, 4.69) is 5.10 Å². The Bertz CT molecular complexity index is 946. The number of aryl methyl sites for hydroxylation is 1. The van der Waals surface area contributed by atoms with Crippen LogP contribution in [-0.4, -0.2) is 70.8 Å². The zero-order chi connectivity index (χ0) is 19.8. The lowest BCUT2D eigenvalue weighted by atomic mass is 10.1. The summed E-state index contributed by atoms with van der Waals surface area (Å²) in [6.07, 6.45) is 4.82. The number of para-hydroxylation sites is 1. The van der Waals surface area contributed by atoms with Crippen molar-refractivity contribution in [1.82, 2.24) is 19.6 Å². The fraction of sp³-hybridized carbons (Fsp3) is 0.476. The lowest BCUT2D eigenvalue weighted by Gasteiger charge is -2.35. The lowest BCUT2D eigenvalue weighted by molar-refractivity contribution is 0.0529. The van der Waals surface area contributed by atoms with Gasteiger partial charge in [0.15, 0.2) is 11.5 Å². The lowest BCUT2D eigenvalue weighted by Crippen LogP contribution is -2.50. The second-order valence-electron chi connectivity index (χ2n) is 7.60. The minimum atomic E-state index is -0.0811. The van der Waals surface area contributed by atoms with Gasteiger partial charge >= 0.3 is 0 Å². The number of hydrogen-bond donors (Lipinski definition) is 0. The molecule has 0 saturated carbocycles. The molecule has 0 atom stereocenters. The molecule has 8 heteroatoms. The van der Waals surface area contributed by atoms with E-state index in [4.69, 9.17) is 9.47 Å². The first kappa shape index (κ1) is 18.0. The van der Waals surface area contributed by atoms with Gasteiger partial charge in [-0.05, 0) is 31.4 Å². The number of carbonyl (C=O) groups excluding carboxylic acids is 2. The van der Waals surface area contributed by atoms with Gasteiger partial charge in [0.1, 0.15) is 13.2 Å². The molecule has 5 rings (SSSR count). The predicted octanol–water partition coefficient (Wildman–Crippen LogP) is 1.59. The van der Waals surface area contributed by atoms with Crippen LogP contribution in [0.5, 0.6) is 11.5 Å². The molecule has 4 heterocycles. The minimum absolute atomic E-state index is 0.0223. The molecular weight excluding hydrogens is 372 g/mol. The molecule has 0 N–H and O–H groups in total. The number of amides is 2. The van der Waals surface area contributed by atoms with Gasteiger partial charge in [-0.25, -0.2) is 0 Å². The van der Waals surface area contributed by atoms with E-state index in [0.717, 1.165) is 31.5 Å². The zero-order valence-corrected chi connectivity index (χ0v) is 16.3. The number of hydrogen-bond acceptors (Lipinski definition) is 5. The number of ether oxygens (including phenoxy) is 2. The topological polar surface area (TPSA) is 76.9 Å². The van der Waals surface area contributed by atoms with Crippen molar-refractivity contribution in [2.75, 3.05) is 39.4 Å². The molecule has 1 fully saturated rings. The van der Waals surface area contributed by atoms with Gasteiger partial charge in [-0.1, -0.05) is 6.07 Å². The summed E-state index contributed by atoms with van der Waals surface area (Å²) >= 11 is 0. The monoisotopic (exact) mass is 396 g/mol. The van der Waals surface area contributed by atoms with Crippen molar-refractivity contribution in [2.24, 2.45) is 0 Å². The third-order valence-electron chi connectivity index (χ3n) is 5.86. The highest BCUT2D eigenvalue weighted by Gasteiger charge is 2.30. The zero-order valence-electron chi connectivity index (χ0n) is 16.3. The molecule has 29 heavy (non-hydrogen) atoms. The highest BCUT2D eigenvalue weighted by atomic mass is 16.6. The second kappa shape index (κ2) is 7.42. The summed E-state index contributed by atoms with van der Waals surface area (Å²) in [4.78, 5) is 29.7. The molecule has 3 aliphatic heterocycles. The average molecular weight is 396 g/mol. The Labute approximate surface area is 169 Å². The fourth-order valence-corrected chi connectivity index (χ4v) is 4.30. The Morgan fingerprint density at radius 1 is 0.862 bits per heavy atom. The molecule has 1 aromatic heterocycles. The maximum Gasteiger partial charge on any atom is 0.257 e. The first-order valence-electron chi connectivity index (χ1n) is 10.2. The Kier molecular flexibility index (Phi) is 4.61. The summed E-state index contributed by atoms with van der Waals surface area (Å²) in [7, 11) is 0. The van der Waals surface area contributed by atoms with Gasteiger partial charge in [0, 0.05) is 32.7 Å².